The normalized spacial score (nSPS) is 11.5. The van der Waals surface area contributed by atoms with Gasteiger partial charge in [0, 0.05) is 6.20 Å². The molecule has 0 spiro atoms. The van der Waals surface area contributed by atoms with E-state index in [0.29, 0.717) is 12.0 Å². The van der Waals surface area contributed by atoms with E-state index in [-0.39, 0.29) is 0 Å². The summed E-state index contributed by atoms with van der Waals surface area (Å²) in [7, 11) is 0. The Kier molecular flexibility index (Phi) is 7.74. The second-order valence-corrected chi connectivity index (χ2v) is 5.66. The van der Waals surface area contributed by atoms with E-state index in [9.17, 15) is 4.79 Å². The number of ether oxygens (including phenoxy) is 1. The average molecular weight is 327 g/mol. The molecule has 0 N–H and O–H groups in total. The summed E-state index contributed by atoms with van der Waals surface area (Å²) in [6, 6.07) is 11.5. The minimum absolute atomic E-state index is 0.429. The molecule has 24 heavy (non-hydrogen) atoms. The zero-order valence-electron chi connectivity index (χ0n) is 14.2. The van der Waals surface area contributed by atoms with E-state index in [2.05, 4.69) is 17.0 Å². The number of hydrogen-bond donors (Lipinski definition) is 0. The van der Waals surface area contributed by atoms with E-state index in [1.54, 1.807) is 23.1 Å². The molecule has 0 fully saturated rings. The van der Waals surface area contributed by atoms with E-state index in [4.69, 9.17) is 4.74 Å². The molecular weight excluding hydrogens is 302 g/mol. The van der Waals surface area contributed by atoms with Crippen LogP contribution >= 0.6 is 0 Å². The van der Waals surface area contributed by atoms with E-state index in [1.165, 1.54) is 25.7 Å². The zero-order valence-corrected chi connectivity index (χ0v) is 14.2. The Labute approximate surface area is 143 Å². The van der Waals surface area contributed by atoms with Gasteiger partial charge in [-0.3, -0.25) is 0 Å². The van der Waals surface area contributed by atoms with Crippen molar-refractivity contribution in [3.8, 4) is 5.69 Å². The van der Waals surface area contributed by atoms with Crippen LogP contribution in [0.4, 0.5) is 4.79 Å². The second-order valence-electron chi connectivity index (χ2n) is 5.66. The van der Waals surface area contributed by atoms with Gasteiger partial charge in [0.15, 0.2) is 0 Å². The highest BCUT2D eigenvalue weighted by Gasteiger charge is 1.99. The maximum absolute atomic E-state index is 11.7. The van der Waals surface area contributed by atoms with Gasteiger partial charge in [0.1, 0.15) is 0 Å². The number of amides is 1. The lowest BCUT2D eigenvalue weighted by molar-refractivity contribution is 0.154. The molecule has 5 heteroatoms. The molecule has 0 aliphatic heterocycles. The Bertz CT molecular complexity index is 660. The molecule has 0 bridgehead atoms. The van der Waals surface area contributed by atoms with Gasteiger partial charge in [-0.05, 0) is 24.6 Å². The molecule has 1 amide bonds. The summed E-state index contributed by atoms with van der Waals surface area (Å²) in [5, 5.41) is 4.75. The van der Waals surface area contributed by atoms with Crippen LogP contribution in [0.1, 0.15) is 45.4 Å². The summed E-state index contributed by atoms with van der Waals surface area (Å²) in [6.45, 7) is 2.63. The van der Waals surface area contributed by atoms with Gasteiger partial charge in [0.2, 0.25) is 0 Å². The van der Waals surface area contributed by atoms with Crippen molar-refractivity contribution in [2.45, 2.75) is 45.4 Å². The Morgan fingerprint density at radius 1 is 1.08 bits per heavy atom. The van der Waals surface area contributed by atoms with Crippen molar-refractivity contribution in [2.24, 2.45) is 4.99 Å². The number of rotatable bonds is 8. The smallest absolute Gasteiger partial charge is 0.434 e. The van der Waals surface area contributed by atoms with Crippen LogP contribution in [0.15, 0.2) is 53.8 Å². The van der Waals surface area contributed by atoms with Crippen LogP contribution in [0.5, 0.6) is 0 Å². The van der Waals surface area contributed by atoms with Crippen molar-refractivity contribution >= 4 is 6.09 Å². The molecule has 1 heterocycles. The van der Waals surface area contributed by atoms with Crippen LogP contribution in [0.2, 0.25) is 0 Å². The van der Waals surface area contributed by atoms with Gasteiger partial charge in [0.05, 0.1) is 23.8 Å². The van der Waals surface area contributed by atoms with Crippen LogP contribution < -0.4 is 5.36 Å². The highest BCUT2D eigenvalue weighted by Crippen LogP contribution is 2.05. The highest BCUT2D eigenvalue weighted by atomic mass is 16.5. The summed E-state index contributed by atoms with van der Waals surface area (Å²) < 4.78 is 6.85. The number of unbranched alkanes of at least 4 members (excludes halogenated alkanes) is 5. The summed E-state index contributed by atoms with van der Waals surface area (Å²) in [5.41, 5.74) is 0.953. The zero-order chi connectivity index (χ0) is 17.0. The topological polar surface area (TPSA) is 56.5 Å². The molecule has 0 aliphatic carbocycles. The van der Waals surface area contributed by atoms with Crippen molar-refractivity contribution in [3.63, 3.8) is 0 Å². The van der Waals surface area contributed by atoms with Crippen LogP contribution in [0, 0.1) is 0 Å². The Morgan fingerprint density at radius 2 is 1.83 bits per heavy atom. The lowest BCUT2D eigenvalue weighted by Gasteiger charge is -2.03. The molecule has 2 rings (SSSR count). The van der Waals surface area contributed by atoms with Crippen LogP contribution in [-0.2, 0) is 4.74 Å². The third-order valence-electron chi connectivity index (χ3n) is 3.67. The number of para-hydroxylation sites is 1. The maximum atomic E-state index is 11.7. The van der Waals surface area contributed by atoms with Crippen LogP contribution in [0.25, 0.3) is 5.69 Å². The molecule has 1 aromatic heterocycles. The van der Waals surface area contributed by atoms with Gasteiger partial charge in [-0.15, -0.1) is 0 Å². The standard InChI is InChI=1S/C19H25N3O2/c1-2-3-4-5-6-10-15-24-19(23)21-17-13-14-22(20-16-17)18-11-8-7-9-12-18/h7-9,11-14,16H,2-6,10,15H2,1H3. The van der Waals surface area contributed by atoms with Crippen molar-refractivity contribution in [2.75, 3.05) is 6.61 Å². The predicted molar refractivity (Wildman–Crippen MR) is 93.9 cm³/mol. The Morgan fingerprint density at radius 3 is 2.54 bits per heavy atom. The lowest BCUT2D eigenvalue weighted by atomic mass is 10.1. The summed E-state index contributed by atoms with van der Waals surface area (Å²) in [5.74, 6) is 0. The lowest BCUT2D eigenvalue weighted by Crippen LogP contribution is -2.12. The van der Waals surface area contributed by atoms with Crippen molar-refractivity contribution in [3.05, 3.63) is 54.1 Å². The minimum Gasteiger partial charge on any atom is -0.448 e. The number of benzene rings is 1. The van der Waals surface area contributed by atoms with Crippen molar-refractivity contribution in [1.82, 2.24) is 9.78 Å². The van der Waals surface area contributed by atoms with Gasteiger partial charge in [-0.1, -0.05) is 57.2 Å². The summed E-state index contributed by atoms with van der Waals surface area (Å²) in [6.07, 6.45) is 9.74. The largest absolute Gasteiger partial charge is 0.448 e. The van der Waals surface area contributed by atoms with E-state index < -0.39 is 6.09 Å². The number of hydrogen-bond acceptors (Lipinski definition) is 3. The highest BCUT2D eigenvalue weighted by molar-refractivity contribution is 5.68. The number of carbonyl (C=O) groups is 1. The quantitative estimate of drug-likeness (QED) is 0.680. The molecule has 0 atom stereocenters. The maximum Gasteiger partial charge on any atom is 0.434 e. The fraction of sp³-hybridized carbons (Fsp3) is 0.421. The number of nitrogens with zero attached hydrogens (tertiary/aromatic N) is 3. The fourth-order valence-electron chi connectivity index (χ4n) is 2.33. The van der Waals surface area contributed by atoms with Crippen LogP contribution in [-0.4, -0.2) is 22.5 Å². The van der Waals surface area contributed by atoms with E-state index in [0.717, 1.165) is 18.5 Å². The Balaban J connectivity index is 1.78. The molecular formula is C19H25N3O2. The first-order valence-electron chi connectivity index (χ1n) is 8.61. The second kappa shape index (κ2) is 10.4. The summed E-state index contributed by atoms with van der Waals surface area (Å²) >= 11 is 0. The average Bonchev–Trinajstić information content (AvgIpc) is 2.62. The van der Waals surface area contributed by atoms with Gasteiger partial charge < -0.3 is 4.74 Å². The first kappa shape index (κ1) is 17.9. The monoisotopic (exact) mass is 327 g/mol. The van der Waals surface area contributed by atoms with Crippen molar-refractivity contribution < 1.29 is 9.53 Å². The third kappa shape index (κ3) is 6.36. The van der Waals surface area contributed by atoms with Gasteiger partial charge >= 0.3 is 6.09 Å². The molecule has 5 nitrogen and oxygen atoms in total. The predicted octanol–water partition coefficient (Wildman–Crippen LogP) is 4.27. The van der Waals surface area contributed by atoms with Gasteiger partial charge in [-0.25, -0.2) is 9.48 Å². The first-order chi connectivity index (χ1) is 11.8. The molecule has 2 aromatic rings. The SMILES string of the molecule is CCCCCCCCOC(=O)N=c1ccn(-c2ccccc2)nc1. The molecule has 0 unspecified atom stereocenters. The summed E-state index contributed by atoms with van der Waals surface area (Å²) in [4.78, 5) is 15.6. The minimum atomic E-state index is -0.553. The molecule has 128 valence electrons. The molecule has 0 saturated carbocycles. The number of aromatic nitrogens is 2. The number of carbonyl (C=O) groups excluding carboxylic acids is 1. The van der Waals surface area contributed by atoms with Gasteiger partial charge in [0.25, 0.3) is 0 Å². The van der Waals surface area contributed by atoms with E-state index >= 15 is 0 Å². The molecule has 1 aromatic carbocycles. The first-order valence-corrected chi connectivity index (χ1v) is 8.61. The Hall–Kier alpha value is -2.43. The van der Waals surface area contributed by atoms with Crippen LogP contribution in [0.3, 0.4) is 0 Å². The molecule has 0 radical (unpaired) electrons. The third-order valence-corrected chi connectivity index (χ3v) is 3.67. The molecule has 0 saturated heterocycles. The van der Waals surface area contributed by atoms with Crippen molar-refractivity contribution in [1.29, 1.82) is 0 Å². The fourth-order valence-corrected chi connectivity index (χ4v) is 2.33. The molecule has 0 aliphatic rings. The van der Waals surface area contributed by atoms with E-state index in [1.807, 2.05) is 30.3 Å². The van der Waals surface area contributed by atoms with Gasteiger partial charge in [-0.2, -0.15) is 10.1 Å².